The molecule has 3 rings (SSSR count). The molecule has 0 aliphatic carbocycles. The molecule has 3 nitrogen and oxygen atoms in total. The second-order valence-corrected chi connectivity index (χ2v) is 6.70. The predicted octanol–water partition coefficient (Wildman–Crippen LogP) is 4.99. The molecule has 1 atom stereocenters. The van der Waals surface area contributed by atoms with E-state index in [1.807, 2.05) is 55.5 Å². The fraction of sp³-hybridized carbons (Fsp3) is 0.217. The largest absolute Gasteiger partial charge is 0.345 e. The number of carbonyl (C=O) groups excluding carboxylic acids is 2. The van der Waals surface area contributed by atoms with Crippen LogP contribution in [-0.4, -0.2) is 11.7 Å². The minimum atomic E-state index is -0.210. The van der Waals surface area contributed by atoms with Crippen LogP contribution in [0.2, 0.25) is 0 Å². The summed E-state index contributed by atoms with van der Waals surface area (Å²) in [5.74, 6) is 0.00947. The van der Waals surface area contributed by atoms with Crippen molar-refractivity contribution in [1.29, 1.82) is 0 Å². The molecule has 0 aliphatic rings. The third-order valence-electron chi connectivity index (χ3n) is 4.57. The molecule has 0 radical (unpaired) electrons. The van der Waals surface area contributed by atoms with Crippen molar-refractivity contribution >= 4 is 22.5 Å². The molecular weight excluding hydrogens is 322 g/mol. The van der Waals surface area contributed by atoms with Gasteiger partial charge in [-0.05, 0) is 48.7 Å². The summed E-state index contributed by atoms with van der Waals surface area (Å²) in [6.45, 7) is 3.55. The highest BCUT2D eigenvalue weighted by Crippen LogP contribution is 2.27. The summed E-state index contributed by atoms with van der Waals surface area (Å²) in [6, 6.07) is 21.5. The second kappa shape index (κ2) is 7.96. The third kappa shape index (κ3) is 4.17. The maximum Gasteiger partial charge on any atom is 0.251 e. The summed E-state index contributed by atoms with van der Waals surface area (Å²) in [7, 11) is 0. The van der Waals surface area contributed by atoms with Crippen molar-refractivity contribution in [2.24, 2.45) is 0 Å². The molecule has 0 heterocycles. The number of ketones is 1. The summed E-state index contributed by atoms with van der Waals surface area (Å²) in [5, 5.41) is 5.37. The molecule has 0 bridgehead atoms. The van der Waals surface area contributed by atoms with E-state index in [2.05, 4.69) is 23.5 Å². The SMILES string of the molecule is CC(=O)CC[C@@H](NC(=O)c1cccc(C)c1)c1cccc2ccccc12. The van der Waals surface area contributed by atoms with E-state index >= 15 is 0 Å². The molecule has 0 spiro atoms. The van der Waals surface area contributed by atoms with E-state index in [0.717, 1.165) is 21.9 Å². The smallest absolute Gasteiger partial charge is 0.251 e. The second-order valence-electron chi connectivity index (χ2n) is 6.70. The third-order valence-corrected chi connectivity index (χ3v) is 4.57. The molecule has 3 heteroatoms. The van der Waals surface area contributed by atoms with Crippen molar-refractivity contribution in [1.82, 2.24) is 5.32 Å². The monoisotopic (exact) mass is 345 g/mol. The minimum absolute atomic E-state index is 0.116. The summed E-state index contributed by atoms with van der Waals surface area (Å²) in [6.07, 6.45) is 1.02. The van der Waals surface area contributed by atoms with Crippen LogP contribution >= 0.6 is 0 Å². The molecule has 0 saturated carbocycles. The molecule has 132 valence electrons. The van der Waals surface area contributed by atoms with Crippen molar-refractivity contribution < 1.29 is 9.59 Å². The fourth-order valence-corrected chi connectivity index (χ4v) is 3.24. The van der Waals surface area contributed by atoms with Crippen LogP contribution in [0.25, 0.3) is 10.8 Å². The molecule has 26 heavy (non-hydrogen) atoms. The number of fused-ring (bicyclic) bond motifs is 1. The van der Waals surface area contributed by atoms with Crippen LogP contribution in [0.5, 0.6) is 0 Å². The normalized spacial score (nSPS) is 11.9. The van der Waals surface area contributed by atoms with Crippen LogP contribution in [0.3, 0.4) is 0 Å². The van der Waals surface area contributed by atoms with E-state index in [-0.39, 0.29) is 17.7 Å². The number of Topliss-reactive ketones (excluding diaryl/α,β-unsaturated/α-hetero) is 1. The number of benzene rings is 3. The quantitative estimate of drug-likeness (QED) is 0.684. The van der Waals surface area contributed by atoms with Gasteiger partial charge in [-0.1, -0.05) is 60.2 Å². The zero-order valence-corrected chi connectivity index (χ0v) is 15.2. The van der Waals surface area contributed by atoms with Crippen molar-refractivity contribution in [2.45, 2.75) is 32.7 Å². The predicted molar refractivity (Wildman–Crippen MR) is 105 cm³/mol. The number of amides is 1. The van der Waals surface area contributed by atoms with E-state index in [1.165, 1.54) is 0 Å². The van der Waals surface area contributed by atoms with Gasteiger partial charge in [-0.2, -0.15) is 0 Å². The van der Waals surface area contributed by atoms with Crippen LogP contribution in [0, 0.1) is 6.92 Å². The lowest BCUT2D eigenvalue weighted by atomic mass is 9.94. The van der Waals surface area contributed by atoms with Gasteiger partial charge in [0.25, 0.3) is 5.91 Å². The highest BCUT2D eigenvalue weighted by atomic mass is 16.1. The van der Waals surface area contributed by atoms with Gasteiger partial charge in [0, 0.05) is 12.0 Å². The van der Waals surface area contributed by atoms with Gasteiger partial charge in [0.2, 0.25) is 0 Å². The molecular formula is C23H23NO2. The molecule has 1 N–H and O–H groups in total. The van der Waals surface area contributed by atoms with Crippen LogP contribution in [0.15, 0.2) is 66.7 Å². The Hall–Kier alpha value is -2.94. The van der Waals surface area contributed by atoms with Crippen molar-refractivity contribution in [3.8, 4) is 0 Å². The van der Waals surface area contributed by atoms with Crippen LogP contribution < -0.4 is 5.32 Å². The summed E-state index contributed by atoms with van der Waals surface area (Å²) in [4.78, 5) is 24.3. The standard InChI is InChI=1S/C23H23NO2/c1-16-7-5-10-19(15-16)23(26)24-22(14-13-17(2)25)21-12-6-9-18-8-3-4-11-20(18)21/h3-12,15,22H,13-14H2,1-2H3,(H,24,26)/t22-/m1/s1. The maximum absolute atomic E-state index is 12.8. The van der Waals surface area contributed by atoms with Gasteiger partial charge >= 0.3 is 0 Å². The summed E-state index contributed by atoms with van der Waals surface area (Å²) >= 11 is 0. The van der Waals surface area contributed by atoms with Crippen LogP contribution in [-0.2, 0) is 4.79 Å². The maximum atomic E-state index is 12.8. The number of rotatable bonds is 6. The molecule has 0 aromatic heterocycles. The van der Waals surface area contributed by atoms with E-state index in [0.29, 0.717) is 18.4 Å². The molecule has 1 amide bonds. The number of hydrogen-bond acceptors (Lipinski definition) is 2. The van der Waals surface area contributed by atoms with E-state index in [9.17, 15) is 9.59 Å². The zero-order valence-electron chi connectivity index (χ0n) is 15.2. The Morgan fingerprint density at radius 1 is 0.962 bits per heavy atom. The molecule has 3 aromatic carbocycles. The first-order chi connectivity index (χ1) is 12.5. The van der Waals surface area contributed by atoms with Crippen LogP contribution in [0.1, 0.15) is 47.3 Å². The zero-order chi connectivity index (χ0) is 18.5. The van der Waals surface area contributed by atoms with Gasteiger partial charge in [0.15, 0.2) is 0 Å². The first-order valence-corrected chi connectivity index (χ1v) is 8.89. The Kier molecular flexibility index (Phi) is 5.47. The van der Waals surface area contributed by atoms with E-state index in [4.69, 9.17) is 0 Å². The average Bonchev–Trinajstić information content (AvgIpc) is 2.64. The highest BCUT2D eigenvalue weighted by Gasteiger charge is 2.18. The summed E-state index contributed by atoms with van der Waals surface area (Å²) < 4.78 is 0. The van der Waals surface area contributed by atoms with E-state index in [1.54, 1.807) is 6.92 Å². The topological polar surface area (TPSA) is 46.2 Å². The van der Waals surface area contributed by atoms with Crippen molar-refractivity contribution in [2.75, 3.05) is 0 Å². The lowest BCUT2D eigenvalue weighted by Crippen LogP contribution is -2.29. The van der Waals surface area contributed by atoms with Gasteiger partial charge in [0.1, 0.15) is 5.78 Å². The van der Waals surface area contributed by atoms with Gasteiger partial charge < -0.3 is 10.1 Å². The Labute approximate surface area is 154 Å². The molecule has 0 saturated heterocycles. The van der Waals surface area contributed by atoms with Gasteiger partial charge in [-0.25, -0.2) is 0 Å². The lowest BCUT2D eigenvalue weighted by Gasteiger charge is -2.21. The Morgan fingerprint density at radius 2 is 1.69 bits per heavy atom. The highest BCUT2D eigenvalue weighted by molar-refractivity contribution is 5.95. The minimum Gasteiger partial charge on any atom is -0.345 e. The lowest BCUT2D eigenvalue weighted by molar-refractivity contribution is -0.117. The first-order valence-electron chi connectivity index (χ1n) is 8.89. The first kappa shape index (κ1) is 17.9. The van der Waals surface area contributed by atoms with Gasteiger partial charge in [-0.3, -0.25) is 4.79 Å². The van der Waals surface area contributed by atoms with Gasteiger partial charge in [0.05, 0.1) is 6.04 Å². The number of nitrogens with one attached hydrogen (secondary N) is 1. The Morgan fingerprint density at radius 3 is 2.46 bits per heavy atom. The molecule has 0 unspecified atom stereocenters. The number of carbonyl (C=O) groups is 2. The number of hydrogen-bond donors (Lipinski definition) is 1. The van der Waals surface area contributed by atoms with Crippen molar-refractivity contribution in [3.05, 3.63) is 83.4 Å². The average molecular weight is 345 g/mol. The molecule has 0 fully saturated rings. The molecule has 3 aromatic rings. The Balaban J connectivity index is 1.94. The van der Waals surface area contributed by atoms with Gasteiger partial charge in [-0.15, -0.1) is 0 Å². The number of aryl methyl sites for hydroxylation is 1. The molecule has 0 aliphatic heterocycles. The Bertz CT molecular complexity index is 940. The van der Waals surface area contributed by atoms with Crippen LogP contribution in [0.4, 0.5) is 0 Å². The van der Waals surface area contributed by atoms with Crippen molar-refractivity contribution in [3.63, 3.8) is 0 Å². The van der Waals surface area contributed by atoms with E-state index < -0.39 is 0 Å². The fourth-order valence-electron chi connectivity index (χ4n) is 3.24. The summed E-state index contributed by atoms with van der Waals surface area (Å²) in [5.41, 5.74) is 2.73.